The molecule has 0 saturated heterocycles. The predicted octanol–water partition coefficient (Wildman–Crippen LogP) is 2.14. The smallest absolute Gasteiger partial charge is 0.262 e. The molecule has 1 aliphatic heterocycles. The van der Waals surface area contributed by atoms with Crippen molar-refractivity contribution in [1.82, 2.24) is 10.2 Å². The number of nitrogens with zero attached hydrogens (tertiary/aromatic N) is 1. The van der Waals surface area contributed by atoms with E-state index >= 15 is 0 Å². The second kappa shape index (κ2) is 9.93. The molecular weight excluding hydrogens is 384 g/mol. The van der Waals surface area contributed by atoms with Gasteiger partial charge >= 0.3 is 0 Å². The van der Waals surface area contributed by atoms with Gasteiger partial charge in [-0.3, -0.25) is 19.3 Å². The van der Waals surface area contributed by atoms with Crippen LogP contribution in [0.5, 0.6) is 0 Å². The van der Waals surface area contributed by atoms with E-state index in [-0.39, 0.29) is 24.0 Å². The topological polar surface area (TPSA) is 92.8 Å². The maximum Gasteiger partial charge on any atom is 0.262 e. The summed E-state index contributed by atoms with van der Waals surface area (Å²) in [5.41, 5.74) is 2.50. The van der Waals surface area contributed by atoms with Gasteiger partial charge in [0.25, 0.3) is 11.8 Å². The van der Waals surface area contributed by atoms with Crippen LogP contribution in [0, 0.1) is 0 Å². The van der Waals surface area contributed by atoms with Gasteiger partial charge in [0.2, 0.25) is 5.91 Å². The number of imide groups is 1. The largest absolute Gasteiger partial charge is 0.376 e. The fourth-order valence-electron chi connectivity index (χ4n) is 3.47. The minimum atomic E-state index is -1.01. The van der Waals surface area contributed by atoms with Crippen molar-refractivity contribution in [3.05, 3.63) is 70.8 Å². The summed E-state index contributed by atoms with van der Waals surface area (Å²) in [5.74, 6) is -1.50. The third-order valence-corrected chi connectivity index (χ3v) is 5.05. The summed E-state index contributed by atoms with van der Waals surface area (Å²) in [6.07, 6.45) is 1.43. The first-order valence-corrected chi connectivity index (χ1v) is 9.84. The van der Waals surface area contributed by atoms with Crippen molar-refractivity contribution in [3.8, 4) is 0 Å². The first-order chi connectivity index (χ1) is 14.6. The number of rotatable bonds is 10. The molecule has 1 atom stereocenters. The Bertz CT molecular complexity index is 942. The summed E-state index contributed by atoms with van der Waals surface area (Å²) in [4.78, 5) is 49.6. The molecule has 7 heteroatoms. The lowest BCUT2D eigenvalue weighted by Gasteiger charge is -2.24. The van der Waals surface area contributed by atoms with Gasteiger partial charge in [-0.1, -0.05) is 36.4 Å². The Balaban J connectivity index is 1.68. The molecule has 2 aromatic rings. The molecule has 0 saturated carbocycles. The Hall–Kier alpha value is -3.32. The number of hydrogen-bond acceptors (Lipinski definition) is 5. The molecule has 0 aromatic heterocycles. The van der Waals surface area contributed by atoms with Crippen molar-refractivity contribution in [2.24, 2.45) is 0 Å². The molecule has 0 radical (unpaired) electrons. The molecule has 0 spiro atoms. The highest BCUT2D eigenvalue weighted by atomic mass is 16.5. The van der Waals surface area contributed by atoms with Gasteiger partial charge in [0.1, 0.15) is 12.3 Å². The van der Waals surface area contributed by atoms with E-state index in [0.29, 0.717) is 25.9 Å². The van der Waals surface area contributed by atoms with Crippen LogP contribution in [-0.4, -0.2) is 48.6 Å². The van der Waals surface area contributed by atoms with Gasteiger partial charge in [-0.15, -0.1) is 0 Å². The normalized spacial score (nSPS) is 13.8. The summed E-state index contributed by atoms with van der Waals surface area (Å²) in [7, 11) is 1.43. The maximum atomic E-state index is 12.9. The van der Waals surface area contributed by atoms with Crippen molar-refractivity contribution >= 4 is 24.0 Å². The summed E-state index contributed by atoms with van der Waals surface area (Å²) in [5, 5.41) is 2.46. The second-order valence-electron chi connectivity index (χ2n) is 7.02. The number of carbonyl (C=O) groups is 4. The van der Waals surface area contributed by atoms with Gasteiger partial charge < -0.3 is 14.8 Å². The van der Waals surface area contributed by atoms with Crippen LogP contribution >= 0.6 is 0 Å². The van der Waals surface area contributed by atoms with Crippen molar-refractivity contribution in [2.75, 3.05) is 13.7 Å². The number of ether oxygens (including phenoxy) is 1. The first-order valence-electron chi connectivity index (χ1n) is 9.84. The molecule has 156 valence electrons. The lowest BCUT2D eigenvalue weighted by molar-refractivity contribution is -0.124. The van der Waals surface area contributed by atoms with E-state index in [1.165, 1.54) is 7.05 Å². The molecular formula is C23H24N2O5. The second-order valence-corrected chi connectivity index (χ2v) is 7.02. The van der Waals surface area contributed by atoms with Crippen LogP contribution in [0.3, 0.4) is 0 Å². The van der Waals surface area contributed by atoms with Crippen molar-refractivity contribution in [2.45, 2.75) is 31.9 Å². The van der Waals surface area contributed by atoms with Gasteiger partial charge in [0.05, 0.1) is 24.3 Å². The number of benzene rings is 2. The summed E-state index contributed by atoms with van der Waals surface area (Å²) in [6.45, 7) is 0.973. The molecule has 3 amide bonds. The Morgan fingerprint density at radius 2 is 1.80 bits per heavy atom. The van der Waals surface area contributed by atoms with E-state index in [1.807, 2.05) is 30.3 Å². The molecule has 1 aliphatic rings. The molecule has 0 fully saturated rings. The van der Waals surface area contributed by atoms with E-state index < -0.39 is 23.8 Å². The molecule has 3 rings (SSSR count). The van der Waals surface area contributed by atoms with Gasteiger partial charge in [-0.2, -0.15) is 0 Å². The number of carbonyl (C=O) groups excluding carboxylic acids is 4. The minimum absolute atomic E-state index is 0.0789. The van der Waals surface area contributed by atoms with E-state index in [4.69, 9.17) is 4.74 Å². The molecule has 0 aliphatic carbocycles. The average Bonchev–Trinajstić information content (AvgIpc) is 3.02. The number of likely N-dealkylation sites (N-methyl/N-ethyl adjacent to an activating group) is 1. The minimum Gasteiger partial charge on any atom is -0.376 e. The zero-order chi connectivity index (χ0) is 21.5. The van der Waals surface area contributed by atoms with E-state index in [0.717, 1.165) is 16.0 Å². The average molecular weight is 408 g/mol. The molecule has 1 unspecified atom stereocenters. The fraction of sp³-hybridized carbons (Fsp3) is 0.304. The Morgan fingerprint density at radius 3 is 2.50 bits per heavy atom. The van der Waals surface area contributed by atoms with Crippen LogP contribution < -0.4 is 5.32 Å². The summed E-state index contributed by atoms with van der Waals surface area (Å²) < 4.78 is 5.69. The highest BCUT2D eigenvalue weighted by Crippen LogP contribution is 2.27. The summed E-state index contributed by atoms with van der Waals surface area (Å²) >= 11 is 0. The maximum absolute atomic E-state index is 12.9. The lowest BCUT2D eigenvalue weighted by Crippen LogP contribution is -2.48. The highest BCUT2D eigenvalue weighted by molar-refractivity contribution is 6.23. The van der Waals surface area contributed by atoms with Gasteiger partial charge in [0.15, 0.2) is 0 Å². The zero-order valence-corrected chi connectivity index (χ0v) is 16.8. The molecule has 0 bridgehead atoms. The number of hydrogen-bond donors (Lipinski definition) is 1. The Labute approximate surface area is 175 Å². The molecule has 2 aromatic carbocycles. The molecule has 1 N–H and O–H groups in total. The number of aldehydes is 1. The number of fused-ring (bicyclic) bond motifs is 1. The number of amides is 3. The van der Waals surface area contributed by atoms with Gasteiger partial charge in [-0.25, -0.2) is 0 Å². The quantitative estimate of drug-likeness (QED) is 0.369. The van der Waals surface area contributed by atoms with Crippen LogP contribution in [0.15, 0.2) is 48.5 Å². The van der Waals surface area contributed by atoms with E-state index in [9.17, 15) is 19.2 Å². The predicted molar refractivity (Wildman–Crippen MR) is 110 cm³/mol. The monoisotopic (exact) mass is 408 g/mol. The Kier molecular flexibility index (Phi) is 7.08. The third kappa shape index (κ3) is 4.63. The van der Waals surface area contributed by atoms with E-state index in [1.54, 1.807) is 18.2 Å². The SMILES string of the molecule is CNC(=O)C(CCC=O)N1C(=O)c2ccc(CCOCc3ccccc3)cc2C1=O. The summed E-state index contributed by atoms with van der Waals surface area (Å²) in [6, 6.07) is 13.9. The fourth-order valence-corrected chi connectivity index (χ4v) is 3.47. The van der Waals surface area contributed by atoms with Crippen LogP contribution in [0.1, 0.15) is 44.7 Å². The van der Waals surface area contributed by atoms with Crippen molar-refractivity contribution in [3.63, 3.8) is 0 Å². The van der Waals surface area contributed by atoms with Gasteiger partial charge in [-0.05, 0) is 36.1 Å². The lowest BCUT2D eigenvalue weighted by atomic mass is 10.0. The van der Waals surface area contributed by atoms with Gasteiger partial charge in [0, 0.05) is 13.5 Å². The van der Waals surface area contributed by atoms with Crippen molar-refractivity contribution in [1.29, 1.82) is 0 Å². The standard InChI is InChI=1S/C23H24N2O5/c1-24-21(27)20(8-5-12-26)25-22(28)18-10-9-16(14-19(18)23(25)29)11-13-30-15-17-6-3-2-4-7-17/h2-4,6-7,9-10,12,14,20H,5,8,11,13,15H2,1H3,(H,24,27). The third-order valence-electron chi connectivity index (χ3n) is 5.05. The van der Waals surface area contributed by atoms with Crippen LogP contribution in [-0.2, 0) is 27.4 Å². The first kappa shape index (κ1) is 21.4. The van der Waals surface area contributed by atoms with Crippen LogP contribution in [0.2, 0.25) is 0 Å². The number of nitrogens with one attached hydrogen (secondary N) is 1. The van der Waals surface area contributed by atoms with Crippen LogP contribution in [0.4, 0.5) is 0 Å². The van der Waals surface area contributed by atoms with Crippen molar-refractivity contribution < 1.29 is 23.9 Å². The highest BCUT2D eigenvalue weighted by Gasteiger charge is 2.42. The zero-order valence-electron chi connectivity index (χ0n) is 16.8. The van der Waals surface area contributed by atoms with E-state index in [2.05, 4.69) is 5.32 Å². The van der Waals surface area contributed by atoms with Crippen LogP contribution in [0.25, 0.3) is 0 Å². The molecule has 7 nitrogen and oxygen atoms in total. The molecule has 1 heterocycles. The Morgan fingerprint density at radius 1 is 1.07 bits per heavy atom. The molecule has 30 heavy (non-hydrogen) atoms.